The number of hydrogen-bond acceptors (Lipinski definition) is 3. The van der Waals surface area contributed by atoms with Gasteiger partial charge in [-0.2, -0.15) is 0 Å². The van der Waals surface area contributed by atoms with Crippen molar-refractivity contribution in [2.45, 2.75) is 52.7 Å². The quantitative estimate of drug-likeness (QED) is 0.841. The zero-order chi connectivity index (χ0) is 15.3. The molecule has 4 nitrogen and oxygen atoms in total. The number of ether oxygens (including phenoxy) is 1. The van der Waals surface area contributed by atoms with Crippen LogP contribution in [0.3, 0.4) is 0 Å². The number of amides is 1. The highest BCUT2D eigenvalue weighted by atomic mass is 16.5. The second-order valence-corrected chi connectivity index (χ2v) is 5.78. The third-order valence-electron chi connectivity index (χ3n) is 3.40. The Morgan fingerprint density at radius 3 is 2.60 bits per heavy atom. The van der Waals surface area contributed by atoms with Crippen molar-refractivity contribution in [1.82, 2.24) is 5.32 Å². The van der Waals surface area contributed by atoms with Crippen LogP contribution in [0.1, 0.15) is 51.3 Å². The third kappa shape index (κ3) is 4.85. The second-order valence-electron chi connectivity index (χ2n) is 5.78. The minimum Gasteiger partial charge on any atom is -0.484 e. The largest absolute Gasteiger partial charge is 0.484 e. The summed E-state index contributed by atoms with van der Waals surface area (Å²) in [6.07, 6.45) is 0.359. The Morgan fingerprint density at radius 2 is 2.10 bits per heavy atom. The molecular weight excluding hydrogens is 254 g/mol. The molecule has 1 atom stereocenters. The van der Waals surface area contributed by atoms with Crippen molar-refractivity contribution in [3.05, 3.63) is 29.3 Å². The van der Waals surface area contributed by atoms with Crippen molar-refractivity contribution in [3.8, 4) is 5.75 Å². The Kier molecular flexibility index (Phi) is 5.57. The predicted molar refractivity (Wildman–Crippen MR) is 79.8 cm³/mol. The number of rotatable bonds is 6. The summed E-state index contributed by atoms with van der Waals surface area (Å²) in [6, 6.07) is 5.46. The van der Waals surface area contributed by atoms with Crippen molar-refractivity contribution >= 4 is 5.91 Å². The van der Waals surface area contributed by atoms with E-state index >= 15 is 0 Å². The highest BCUT2D eigenvalue weighted by Crippen LogP contribution is 2.22. The predicted octanol–water partition coefficient (Wildman–Crippen LogP) is 2.73. The number of benzene rings is 1. The van der Waals surface area contributed by atoms with E-state index in [1.807, 2.05) is 33.8 Å². The first-order chi connectivity index (χ1) is 9.25. The maximum Gasteiger partial charge on any atom is 0.258 e. The molecule has 4 heteroatoms. The van der Waals surface area contributed by atoms with Gasteiger partial charge in [0.05, 0.1) is 6.10 Å². The number of carbonyl (C=O) groups is 1. The van der Waals surface area contributed by atoms with Crippen LogP contribution in [0.4, 0.5) is 0 Å². The molecule has 20 heavy (non-hydrogen) atoms. The van der Waals surface area contributed by atoms with Crippen LogP contribution in [-0.4, -0.2) is 23.2 Å². The van der Waals surface area contributed by atoms with Gasteiger partial charge in [0.15, 0.2) is 6.61 Å². The number of aliphatic hydroxyl groups excluding tert-OH is 1. The lowest BCUT2D eigenvalue weighted by atomic mass is 10.0. The Bertz CT molecular complexity index is 467. The van der Waals surface area contributed by atoms with Gasteiger partial charge in [-0.15, -0.1) is 0 Å². The van der Waals surface area contributed by atoms with Gasteiger partial charge >= 0.3 is 0 Å². The summed E-state index contributed by atoms with van der Waals surface area (Å²) in [5, 5.41) is 12.4. The van der Waals surface area contributed by atoms with Crippen LogP contribution in [-0.2, 0) is 4.79 Å². The van der Waals surface area contributed by atoms with Crippen molar-refractivity contribution < 1.29 is 14.6 Å². The van der Waals surface area contributed by atoms with Crippen molar-refractivity contribution in [2.24, 2.45) is 0 Å². The molecule has 0 aliphatic rings. The van der Waals surface area contributed by atoms with E-state index in [0.717, 1.165) is 17.5 Å². The molecule has 1 aromatic carbocycles. The fourth-order valence-electron chi connectivity index (χ4n) is 1.74. The van der Waals surface area contributed by atoms with E-state index in [1.165, 1.54) is 0 Å². The molecule has 0 aromatic heterocycles. The first-order valence-corrected chi connectivity index (χ1v) is 6.97. The molecule has 2 N–H and O–H groups in total. The lowest BCUT2D eigenvalue weighted by Gasteiger charge is -2.24. The van der Waals surface area contributed by atoms with Crippen LogP contribution < -0.4 is 10.1 Å². The Balaban J connectivity index is 2.60. The van der Waals surface area contributed by atoms with Crippen LogP contribution in [0.25, 0.3) is 0 Å². The summed E-state index contributed by atoms with van der Waals surface area (Å²) < 4.78 is 5.53. The Labute approximate surface area is 121 Å². The number of aryl methyl sites for hydroxylation is 1. The number of carbonyl (C=O) groups excluding carboxylic acids is 1. The molecule has 0 radical (unpaired) electrons. The van der Waals surface area contributed by atoms with E-state index in [9.17, 15) is 9.90 Å². The van der Waals surface area contributed by atoms with E-state index in [4.69, 9.17) is 4.74 Å². The molecule has 1 rings (SSSR count). The molecule has 1 amide bonds. The zero-order valence-electron chi connectivity index (χ0n) is 13.0. The summed E-state index contributed by atoms with van der Waals surface area (Å²) in [5.74, 6) is 0.537. The van der Waals surface area contributed by atoms with E-state index in [2.05, 4.69) is 5.32 Å². The minimum absolute atomic E-state index is 0.00169. The van der Waals surface area contributed by atoms with Crippen LogP contribution in [0.2, 0.25) is 0 Å². The standard InChI is InChI=1S/C16H25NO3/c1-6-16(4,5)17-15(19)10-20-14-8-7-13(12(3)18)9-11(14)2/h7-9,12,18H,6,10H2,1-5H3,(H,17,19). The van der Waals surface area contributed by atoms with Gasteiger partial charge in [0.25, 0.3) is 5.91 Å². The van der Waals surface area contributed by atoms with Gasteiger partial charge in [-0.3, -0.25) is 4.79 Å². The maximum absolute atomic E-state index is 11.8. The van der Waals surface area contributed by atoms with Gasteiger partial charge in [0.1, 0.15) is 5.75 Å². The molecule has 0 aliphatic carbocycles. The van der Waals surface area contributed by atoms with Gasteiger partial charge in [-0.25, -0.2) is 0 Å². The number of aliphatic hydroxyl groups is 1. The van der Waals surface area contributed by atoms with Gasteiger partial charge in [0, 0.05) is 5.54 Å². The van der Waals surface area contributed by atoms with E-state index in [0.29, 0.717) is 5.75 Å². The van der Waals surface area contributed by atoms with Crippen molar-refractivity contribution in [2.75, 3.05) is 6.61 Å². The SMILES string of the molecule is CCC(C)(C)NC(=O)COc1ccc(C(C)O)cc1C. The molecular formula is C16H25NO3. The summed E-state index contributed by atoms with van der Waals surface area (Å²) in [5.41, 5.74) is 1.53. The fourth-order valence-corrected chi connectivity index (χ4v) is 1.74. The first kappa shape index (κ1) is 16.5. The molecule has 0 heterocycles. The molecule has 0 bridgehead atoms. The first-order valence-electron chi connectivity index (χ1n) is 6.97. The van der Waals surface area contributed by atoms with Crippen LogP contribution >= 0.6 is 0 Å². The Morgan fingerprint density at radius 1 is 1.45 bits per heavy atom. The second kappa shape index (κ2) is 6.75. The highest BCUT2D eigenvalue weighted by Gasteiger charge is 2.18. The lowest BCUT2D eigenvalue weighted by molar-refractivity contribution is -0.124. The molecule has 0 saturated heterocycles. The van der Waals surface area contributed by atoms with Gasteiger partial charge < -0.3 is 15.2 Å². The fraction of sp³-hybridized carbons (Fsp3) is 0.562. The van der Waals surface area contributed by atoms with Gasteiger partial charge in [-0.1, -0.05) is 13.0 Å². The van der Waals surface area contributed by atoms with Gasteiger partial charge in [-0.05, 0) is 57.4 Å². The van der Waals surface area contributed by atoms with Crippen LogP contribution in [0, 0.1) is 6.92 Å². The molecule has 0 aliphatic heterocycles. The van der Waals surface area contributed by atoms with E-state index in [-0.39, 0.29) is 18.1 Å². The average Bonchev–Trinajstić information content (AvgIpc) is 2.36. The summed E-state index contributed by atoms with van der Waals surface area (Å²) in [7, 11) is 0. The topological polar surface area (TPSA) is 58.6 Å². The van der Waals surface area contributed by atoms with Crippen LogP contribution in [0.15, 0.2) is 18.2 Å². The van der Waals surface area contributed by atoms with E-state index < -0.39 is 6.10 Å². The third-order valence-corrected chi connectivity index (χ3v) is 3.40. The summed E-state index contributed by atoms with van der Waals surface area (Å²) >= 11 is 0. The molecule has 0 saturated carbocycles. The maximum atomic E-state index is 11.8. The monoisotopic (exact) mass is 279 g/mol. The van der Waals surface area contributed by atoms with E-state index in [1.54, 1.807) is 19.1 Å². The minimum atomic E-state index is -0.503. The van der Waals surface area contributed by atoms with Crippen molar-refractivity contribution in [3.63, 3.8) is 0 Å². The van der Waals surface area contributed by atoms with Crippen LogP contribution in [0.5, 0.6) is 5.75 Å². The lowest BCUT2D eigenvalue weighted by Crippen LogP contribution is -2.44. The molecule has 1 aromatic rings. The number of nitrogens with one attached hydrogen (secondary N) is 1. The van der Waals surface area contributed by atoms with Gasteiger partial charge in [0.2, 0.25) is 0 Å². The average molecular weight is 279 g/mol. The smallest absolute Gasteiger partial charge is 0.258 e. The molecule has 112 valence electrons. The molecule has 0 spiro atoms. The summed E-state index contributed by atoms with van der Waals surface area (Å²) in [4.78, 5) is 11.8. The van der Waals surface area contributed by atoms with Crippen molar-refractivity contribution in [1.29, 1.82) is 0 Å². The Hall–Kier alpha value is -1.55. The normalized spacial score (nSPS) is 12.9. The molecule has 0 fully saturated rings. The zero-order valence-corrected chi connectivity index (χ0v) is 13.0. The number of hydrogen-bond donors (Lipinski definition) is 2. The highest BCUT2D eigenvalue weighted by molar-refractivity contribution is 5.78. The molecule has 1 unspecified atom stereocenters. The summed E-state index contributed by atoms with van der Waals surface area (Å²) in [6.45, 7) is 9.60.